The number of aromatic amines is 1. The fourth-order valence-electron chi connectivity index (χ4n) is 2.16. The van der Waals surface area contributed by atoms with Gasteiger partial charge in [-0.1, -0.05) is 0 Å². The summed E-state index contributed by atoms with van der Waals surface area (Å²) in [5, 5.41) is 6.22. The van der Waals surface area contributed by atoms with E-state index in [9.17, 15) is 13.2 Å². The Hall–Kier alpha value is -2.85. The third-order valence-corrected chi connectivity index (χ3v) is 6.36. The third-order valence-electron chi connectivity index (χ3n) is 3.38. The molecule has 0 spiro atoms. The Morgan fingerprint density at radius 2 is 1.73 bits per heavy atom. The Bertz CT molecular complexity index is 1050. The summed E-state index contributed by atoms with van der Waals surface area (Å²) >= 11 is 1.04. The smallest absolute Gasteiger partial charge is 0.271 e. The number of hydrogen-bond acceptors (Lipinski definition) is 7. The molecule has 10 heteroatoms. The van der Waals surface area contributed by atoms with Crippen LogP contribution in [0, 0.1) is 0 Å². The second kappa shape index (κ2) is 7.18. The van der Waals surface area contributed by atoms with Crippen LogP contribution in [-0.2, 0) is 10.0 Å². The molecule has 2 aromatic heterocycles. The molecule has 1 aromatic carbocycles. The zero-order valence-electron chi connectivity index (χ0n) is 13.8. The average molecular weight is 393 g/mol. The van der Waals surface area contributed by atoms with Gasteiger partial charge in [0.15, 0.2) is 0 Å². The van der Waals surface area contributed by atoms with Crippen molar-refractivity contribution in [2.24, 2.45) is 0 Å². The molecule has 8 nitrogen and oxygen atoms in total. The first-order valence-corrected chi connectivity index (χ1v) is 9.63. The number of aromatic nitrogens is 2. The van der Waals surface area contributed by atoms with Gasteiger partial charge in [-0.25, -0.2) is 13.5 Å². The molecule has 136 valence electrons. The van der Waals surface area contributed by atoms with Gasteiger partial charge in [-0.15, -0.1) is 11.3 Å². The maximum absolute atomic E-state index is 12.6. The van der Waals surface area contributed by atoms with E-state index in [-0.39, 0.29) is 9.77 Å². The maximum Gasteiger partial charge on any atom is 0.271 e. The van der Waals surface area contributed by atoms with Gasteiger partial charge >= 0.3 is 0 Å². The van der Waals surface area contributed by atoms with Crippen LogP contribution in [0.15, 0.2) is 51.5 Å². The second-order valence-corrected chi connectivity index (χ2v) is 8.12. The lowest BCUT2D eigenvalue weighted by atomic mass is 10.3. The lowest BCUT2D eigenvalue weighted by molar-refractivity contribution is 0.395. The summed E-state index contributed by atoms with van der Waals surface area (Å²) in [5.41, 5.74) is 0.476. The van der Waals surface area contributed by atoms with Gasteiger partial charge in [-0.3, -0.25) is 9.52 Å². The van der Waals surface area contributed by atoms with Crippen LogP contribution < -0.4 is 19.8 Å². The molecule has 0 unspecified atom stereocenters. The van der Waals surface area contributed by atoms with Gasteiger partial charge < -0.3 is 9.47 Å². The molecule has 0 aliphatic heterocycles. The van der Waals surface area contributed by atoms with Crippen molar-refractivity contribution in [1.82, 2.24) is 10.2 Å². The van der Waals surface area contributed by atoms with Crippen molar-refractivity contribution >= 4 is 27.0 Å². The second-order valence-electron chi connectivity index (χ2n) is 5.13. The first kappa shape index (κ1) is 18.0. The number of rotatable bonds is 6. The van der Waals surface area contributed by atoms with Crippen LogP contribution in [0.2, 0.25) is 0 Å². The number of thiophene rings is 1. The highest BCUT2D eigenvalue weighted by molar-refractivity contribution is 7.94. The summed E-state index contributed by atoms with van der Waals surface area (Å²) in [4.78, 5) is 11.7. The van der Waals surface area contributed by atoms with E-state index in [4.69, 9.17) is 9.47 Å². The van der Waals surface area contributed by atoms with Crippen LogP contribution in [-0.4, -0.2) is 32.8 Å². The van der Waals surface area contributed by atoms with Gasteiger partial charge in [-0.2, -0.15) is 5.10 Å². The van der Waals surface area contributed by atoms with Gasteiger partial charge in [0.25, 0.3) is 15.6 Å². The first-order chi connectivity index (χ1) is 12.4. The monoisotopic (exact) mass is 393 g/mol. The Kier molecular flexibility index (Phi) is 4.96. The summed E-state index contributed by atoms with van der Waals surface area (Å²) in [6, 6.07) is 10.7. The predicted molar refractivity (Wildman–Crippen MR) is 98.5 cm³/mol. The van der Waals surface area contributed by atoms with E-state index in [2.05, 4.69) is 14.9 Å². The lowest BCUT2D eigenvalue weighted by Crippen LogP contribution is -2.11. The van der Waals surface area contributed by atoms with Crippen molar-refractivity contribution in [3.05, 3.63) is 52.8 Å². The van der Waals surface area contributed by atoms with Crippen LogP contribution in [0.4, 0.5) is 5.69 Å². The molecule has 0 aliphatic carbocycles. The fraction of sp³-hybridized carbons (Fsp3) is 0.125. The highest BCUT2D eigenvalue weighted by atomic mass is 32.2. The molecule has 3 aromatic rings. The van der Waals surface area contributed by atoms with Crippen LogP contribution in [0.1, 0.15) is 0 Å². The van der Waals surface area contributed by atoms with E-state index in [1.165, 1.54) is 32.4 Å². The number of benzene rings is 1. The molecule has 0 aliphatic rings. The van der Waals surface area contributed by atoms with E-state index in [0.29, 0.717) is 27.8 Å². The Morgan fingerprint density at radius 1 is 1.04 bits per heavy atom. The normalized spacial score (nSPS) is 11.2. The molecule has 0 fully saturated rings. The Balaban J connectivity index is 1.89. The van der Waals surface area contributed by atoms with Crippen LogP contribution in [0.5, 0.6) is 11.5 Å². The molecule has 26 heavy (non-hydrogen) atoms. The Labute approximate surface area is 153 Å². The maximum atomic E-state index is 12.6. The minimum atomic E-state index is -3.80. The van der Waals surface area contributed by atoms with E-state index >= 15 is 0 Å². The highest BCUT2D eigenvalue weighted by Crippen LogP contribution is 2.32. The summed E-state index contributed by atoms with van der Waals surface area (Å²) in [5.74, 6) is 0.928. The number of methoxy groups -OCH3 is 2. The molecule has 2 heterocycles. The molecular formula is C16H15N3O5S2. The van der Waals surface area contributed by atoms with Crippen molar-refractivity contribution in [2.45, 2.75) is 4.21 Å². The number of anilines is 1. The quantitative estimate of drug-likeness (QED) is 0.665. The minimum absolute atomic E-state index is 0.113. The van der Waals surface area contributed by atoms with Crippen molar-refractivity contribution in [3.8, 4) is 22.1 Å². The van der Waals surface area contributed by atoms with Crippen molar-refractivity contribution in [2.75, 3.05) is 18.9 Å². The third kappa shape index (κ3) is 3.86. The topological polar surface area (TPSA) is 110 Å². The van der Waals surface area contributed by atoms with E-state index < -0.39 is 10.0 Å². The molecule has 0 saturated heterocycles. The van der Waals surface area contributed by atoms with E-state index in [1.807, 2.05) is 0 Å². The van der Waals surface area contributed by atoms with Gasteiger partial charge in [0.05, 0.1) is 24.8 Å². The number of hydrogen-bond donors (Lipinski definition) is 2. The minimum Gasteiger partial charge on any atom is -0.497 e. The van der Waals surface area contributed by atoms with Crippen molar-refractivity contribution < 1.29 is 17.9 Å². The van der Waals surface area contributed by atoms with Crippen LogP contribution >= 0.6 is 11.3 Å². The van der Waals surface area contributed by atoms with Gasteiger partial charge in [0, 0.05) is 24.3 Å². The first-order valence-electron chi connectivity index (χ1n) is 7.33. The fourth-order valence-corrected chi connectivity index (χ4v) is 4.47. The van der Waals surface area contributed by atoms with Crippen LogP contribution in [0.3, 0.4) is 0 Å². The average Bonchev–Trinajstić information content (AvgIpc) is 3.12. The molecular weight excluding hydrogens is 378 g/mol. The predicted octanol–water partition coefficient (Wildman–Crippen LogP) is 2.32. The standard InChI is InChI=1S/C16H15N3O5S2/c1-23-11-7-10(8-12(9-11)24-2)19-26(21,22)16-6-4-14(25-16)13-3-5-15(20)18-17-13/h3-9,19H,1-2H3,(H,18,20). The van der Waals surface area contributed by atoms with Gasteiger partial charge in [0.1, 0.15) is 21.4 Å². The zero-order chi connectivity index (χ0) is 18.7. The molecule has 0 atom stereocenters. The number of H-pyrrole nitrogens is 1. The summed E-state index contributed by atoms with van der Waals surface area (Å²) in [7, 11) is -0.837. The number of sulfonamides is 1. The summed E-state index contributed by atoms with van der Waals surface area (Å²) in [6.07, 6.45) is 0. The van der Waals surface area contributed by atoms with Crippen molar-refractivity contribution in [3.63, 3.8) is 0 Å². The molecule has 0 bridgehead atoms. The Morgan fingerprint density at radius 3 is 2.31 bits per heavy atom. The largest absolute Gasteiger partial charge is 0.497 e. The number of ether oxygens (including phenoxy) is 2. The van der Waals surface area contributed by atoms with E-state index in [0.717, 1.165) is 11.3 Å². The SMILES string of the molecule is COc1cc(NS(=O)(=O)c2ccc(-c3ccc(=O)[nH]n3)s2)cc(OC)c1. The molecule has 0 radical (unpaired) electrons. The highest BCUT2D eigenvalue weighted by Gasteiger charge is 2.19. The van der Waals surface area contributed by atoms with E-state index in [1.54, 1.807) is 24.3 Å². The molecule has 2 N–H and O–H groups in total. The molecule has 0 amide bonds. The van der Waals surface area contributed by atoms with Gasteiger partial charge in [-0.05, 0) is 18.2 Å². The summed E-state index contributed by atoms with van der Waals surface area (Å²) in [6.45, 7) is 0. The number of nitrogens with zero attached hydrogens (tertiary/aromatic N) is 1. The molecule has 0 saturated carbocycles. The number of nitrogens with one attached hydrogen (secondary N) is 2. The lowest BCUT2D eigenvalue weighted by Gasteiger charge is -2.10. The van der Waals surface area contributed by atoms with Crippen molar-refractivity contribution in [1.29, 1.82) is 0 Å². The van der Waals surface area contributed by atoms with Crippen LogP contribution in [0.25, 0.3) is 10.6 Å². The van der Waals surface area contributed by atoms with Gasteiger partial charge in [0.2, 0.25) is 0 Å². The summed E-state index contributed by atoms with van der Waals surface area (Å²) < 4.78 is 38.2. The zero-order valence-corrected chi connectivity index (χ0v) is 15.5. The molecule has 3 rings (SSSR count).